The first-order valence-corrected chi connectivity index (χ1v) is 35.5. The number of amides is 2. The zero-order valence-corrected chi connectivity index (χ0v) is 59.8. The second-order valence-electron chi connectivity index (χ2n) is 26.4. The first kappa shape index (κ1) is 77.9. The zero-order valence-electron chi connectivity index (χ0n) is 56.2. The molecule has 0 saturated heterocycles. The number of nitrogen functional groups attached to an aromatic ring is 1. The topological polar surface area (TPSA) is 380 Å². The Morgan fingerprint density at radius 2 is 0.867 bits per heavy atom. The van der Waals surface area contributed by atoms with Gasteiger partial charge in [0, 0.05) is 89.2 Å². The SMILES string of the molecule is C.CC(C)(O)c1cc2nc(C3CCC(CO)CC3)sc2cc1N.Cc1nccc(C(=O)Nc2cc3sc(C4CCC(C=O)CC4)nc3cc2C(C)(C)O)n1.Cc1nccc(C(=O)Nc2cc3sc(C4CCC(CO)CC4)nc3cc2C(C)(C)O)n1.Cc1nccc(C(=O)O)n1.N=BP. The Morgan fingerprint density at radius 3 is 1.17 bits per heavy atom. The van der Waals surface area contributed by atoms with Crippen molar-refractivity contribution < 1.29 is 49.8 Å². The van der Waals surface area contributed by atoms with Crippen molar-refractivity contribution >= 4 is 122 Å². The number of aryl methyl sites for hydroxylation is 3. The number of aromatic nitrogens is 9. The Labute approximate surface area is 586 Å². The van der Waals surface area contributed by atoms with E-state index in [4.69, 9.17) is 31.1 Å². The van der Waals surface area contributed by atoms with Crippen LogP contribution in [0.3, 0.4) is 0 Å². The van der Waals surface area contributed by atoms with Gasteiger partial charge in [0.25, 0.3) is 11.8 Å². The van der Waals surface area contributed by atoms with Crippen molar-refractivity contribution in [2.45, 2.75) is 181 Å². The molecule has 3 aliphatic rings. The van der Waals surface area contributed by atoms with Crippen LogP contribution in [0, 0.1) is 43.8 Å². The Kier molecular flexibility index (Phi) is 27.5. The van der Waals surface area contributed by atoms with Crippen molar-refractivity contribution in [3.8, 4) is 0 Å². The number of aliphatic hydroxyl groups is 5. The number of anilines is 3. The molecule has 11 N–H and O–H groups in total. The van der Waals surface area contributed by atoms with Gasteiger partial charge in [0.2, 0.25) is 0 Å². The van der Waals surface area contributed by atoms with Crippen LogP contribution < -0.4 is 16.4 Å². The number of nitrogens with one attached hydrogen (secondary N) is 3. The van der Waals surface area contributed by atoms with Gasteiger partial charge in [0.05, 0.1) is 62.5 Å². The number of hydrogen-bond acceptors (Lipinski definition) is 23. The van der Waals surface area contributed by atoms with Gasteiger partial charge in [-0.1, -0.05) is 7.43 Å². The number of fused-ring (bicyclic) bond motifs is 3. The quantitative estimate of drug-likeness (QED) is 0.0209. The van der Waals surface area contributed by atoms with Crippen molar-refractivity contribution in [1.82, 2.24) is 44.9 Å². The average molecular weight is 1410 g/mol. The molecule has 3 saturated carbocycles. The molecule has 12 rings (SSSR count). The number of benzene rings is 3. The number of aromatic carboxylic acids is 1. The number of carbonyl (C=O) groups is 4. The van der Waals surface area contributed by atoms with Crippen LogP contribution in [0.4, 0.5) is 17.1 Å². The normalized spacial score (nSPS) is 18.5. The molecule has 98 heavy (non-hydrogen) atoms. The first-order valence-electron chi connectivity index (χ1n) is 32.4. The van der Waals surface area contributed by atoms with Gasteiger partial charge in [0.15, 0.2) is 5.69 Å². The molecule has 1 unspecified atom stereocenters. The molecule has 1 atom stereocenters. The Hall–Kier alpha value is -7.46. The third kappa shape index (κ3) is 20.8. The molecule has 0 radical (unpaired) electrons. The molecule has 522 valence electrons. The van der Waals surface area contributed by atoms with Crippen molar-refractivity contribution in [3.63, 3.8) is 0 Å². The summed E-state index contributed by atoms with van der Waals surface area (Å²) in [6.45, 7) is 17.1. The number of thiazole rings is 3. The number of aliphatic hydroxyl groups excluding tert-OH is 2. The second-order valence-corrected chi connectivity index (χ2v) is 29.9. The number of rotatable bonds is 14. The van der Waals surface area contributed by atoms with E-state index in [0.717, 1.165) is 130 Å². The van der Waals surface area contributed by atoms with Crippen LogP contribution in [0.1, 0.15) is 224 Å². The molecule has 0 bridgehead atoms. The number of carboxylic acid groups (broad SMARTS) is 1. The number of nitrogens with zero attached hydrogens (tertiary/aromatic N) is 9. The predicted octanol–water partition coefficient (Wildman–Crippen LogP) is 13.2. The van der Waals surface area contributed by atoms with Gasteiger partial charge in [-0.05, 0) is 206 Å². The summed E-state index contributed by atoms with van der Waals surface area (Å²) in [6.07, 6.45) is 17.7. The molecule has 3 fully saturated rings. The summed E-state index contributed by atoms with van der Waals surface area (Å²) in [5.74, 6) is 2.06. The van der Waals surface area contributed by atoms with Crippen LogP contribution in [0.2, 0.25) is 0 Å². The van der Waals surface area contributed by atoms with E-state index in [-0.39, 0.29) is 48.8 Å². The monoisotopic (exact) mass is 1410 g/mol. The number of hydrogen-bond donors (Lipinski definition) is 10. The number of nitrogens with two attached hydrogens (primary N) is 1. The van der Waals surface area contributed by atoms with E-state index in [1.54, 1.807) is 121 Å². The van der Waals surface area contributed by atoms with E-state index in [2.05, 4.69) is 49.7 Å². The number of aldehydes is 1. The van der Waals surface area contributed by atoms with Crippen LogP contribution in [0.15, 0.2) is 73.2 Å². The van der Waals surface area contributed by atoms with Crippen molar-refractivity contribution in [1.29, 1.82) is 5.31 Å². The summed E-state index contributed by atoms with van der Waals surface area (Å²) in [4.78, 5) is 85.2. The molecule has 3 aliphatic carbocycles. The van der Waals surface area contributed by atoms with Crippen LogP contribution in [0.5, 0.6) is 0 Å². The maximum atomic E-state index is 12.8. The molecule has 28 heteroatoms. The molecule has 6 heterocycles. The minimum atomic E-state index is -1.16. The van der Waals surface area contributed by atoms with Crippen LogP contribution in [-0.4, -0.2) is 120 Å². The summed E-state index contributed by atoms with van der Waals surface area (Å²) >= 11 is 4.96. The standard InChI is InChI=1S/C23H28N4O3S.C23H26N4O3S.C17H24N2O2S.C6H6N2O2.CH4.BH3NP/c2*1-13-24-9-8-17(25-13)21(29)26-18-11-20-19(10-16(18)23(2,3)30)27-22(31-20)15-6-4-14(12-28)5-7-15;1-17(2,21)12-7-14-15(8-13(12)18)22-16(19-14)11-5-3-10(9-20)4-6-11;1-4-7-3-2-5(8-4)6(9)10;;2-1-3/h8-11,14-15,28,30H,4-7,12H2,1-3H3,(H,26,29);8-12,14-15,30H,4-7H2,1-3H3,(H,26,29);7-8,10-11,20-21H,3-6,9,18H2,1-2H3;2-3H,1H3,(H,9,10);1H4;2H,3H2. The van der Waals surface area contributed by atoms with Gasteiger partial charge in [0.1, 0.15) is 35.1 Å². The molecule has 0 aliphatic heterocycles. The summed E-state index contributed by atoms with van der Waals surface area (Å²) < 4.78 is 3.01. The van der Waals surface area contributed by atoms with E-state index >= 15 is 0 Å². The van der Waals surface area contributed by atoms with Crippen molar-refractivity contribution in [2.75, 3.05) is 29.6 Å². The molecule has 2 amide bonds. The second kappa shape index (κ2) is 34.6. The summed E-state index contributed by atoms with van der Waals surface area (Å²) in [5, 5.41) is 73.9. The van der Waals surface area contributed by atoms with E-state index in [1.165, 1.54) is 24.1 Å². The fourth-order valence-electron chi connectivity index (χ4n) is 12.1. The van der Waals surface area contributed by atoms with E-state index in [1.807, 2.05) is 36.4 Å². The number of carboxylic acids is 1. The fraction of sp³-hybridized carbons (Fsp3) is 0.471. The van der Waals surface area contributed by atoms with E-state index < -0.39 is 22.8 Å². The summed E-state index contributed by atoms with van der Waals surface area (Å²) in [5.41, 5.74) is 9.64. The van der Waals surface area contributed by atoms with Crippen molar-refractivity contribution in [2.24, 2.45) is 17.8 Å². The molecule has 9 aromatic rings. The van der Waals surface area contributed by atoms with Crippen molar-refractivity contribution in [3.05, 3.63) is 139 Å². The van der Waals surface area contributed by atoms with Gasteiger partial charge in [-0.25, -0.2) is 49.7 Å². The minimum absolute atomic E-state index is 0. The maximum absolute atomic E-state index is 12.8. The molecular weight excluding hydrogens is 1320 g/mol. The molecule has 0 spiro atoms. The fourth-order valence-corrected chi connectivity index (χ4v) is 15.5. The van der Waals surface area contributed by atoms with Gasteiger partial charge in [-0.3, -0.25) is 9.59 Å². The van der Waals surface area contributed by atoms with Crippen LogP contribution in [0.25, 0.3) is 30.6 Å². The number of carbonyl (C=O) groups excluding carboxylic acids is 3. The van der Waals surface area contributed by atoms with E-state index in [9.17, 15) is 44.7 Å². The zero-order chi connectivity index (χ0) is 70.5. The van der Waals surface area contributed by atoms with Gasteiger partial charge in [-0.15, -0.1) is 34.0 Å². The summed E-state index contributed by atoms with van der Waals surface area (Å²) in [7, 11) is 2.12. The Balaban J connectivity index is 0.000000191. The molecule has 3 aromatic carbocycles. The van der Waals surface area contributed by atoms with E-state index in [0.29, 0.717) is 81.9 Å². The third-order valence-electron chi connectivity index (χ3n) is 17.4. The molecular formula is C70H91BN13O10PS3. The van der Waals surface area contributed by atoms with Gasteiger partial charge in [-0.2, -0.15) is 0 Å². The van der Waals surface area contributed by atoms with Gasteiger partial charge >= 0.3 is 27.2 Å². The molecule has 6 aromatic heterocycles. The van der Waals surface area contributed by atoms with Crippen LogP contribution in [-0.2, 0) is 21.6 Å². The van der Waals surface area contributed by atoms with Crippen LogP contribution >= 0.6 is 43.1 Å². The third-order valence-corrected chi connectivity index (χ3v) is 20.9. The molecule has 23 nitrogen and oxygen atoms in total. The predicted molar refractivity (Wildman–Crippen MR) is 391 cm³/mol. The summed E-state index contributed by atoms with van der Waals surface area (Å²) in [6, 6.07) is 15.8. The Bertz CT molecular complexity index is 4220. The first-order chi connectivity index (χ1) is 46.0. The average Bonchev–Trinajstić information content (AvgIpc) is 1.56. The Morgan fingerprint density at radius 1 is 0.551 bits per heavy atom. The van der Waals surface area contributed by atoms with Gasteiger partial charge < -0.3 is 51.8 Å².